The topological polar surface area (TPSA) is 52.3 Å². The van der Waals surface area contributed by atoms with Crippen LogP contribution in [0.2, 0.25) is 0 Å². The first kappa shape index (κ1) is 13.9. The Bertz CT molecular complexity index is 680. The Balaban J connectivity index is 1.68. The SMILES string of the molecule is CC(C)(C)c1cc(COc2ccc3c(c2)CCC3=O)no1. The summed E-state index contributed by atoms with van der Waals surface area (Å²) < 4.78 is 11.1. The van der Waals surface area contributed by atoms with E-state index < -0.39 is 0 Å². The van der Waals surface area contributed by atoms with E-state index in [4.69, 9.17) is 9.26 Å². The number of benzene rings is 1. The van der Waals surface area contributed by atoms with Crippen LogP contribution < -0.4 is 4.74 Å². The highest BCUT2D eigenvalue weighted by molar-refractivity contribution is 6.00. The van der Waals surface area contributed by atoms with Crippen molar-refractivity contribution in [3.8, 4) is 5.75 Å². The van der Waals surface area contributed by atoms with Crippen LogP contribution in [-0.4, -0.2) is 10.9 Å². The lowest BCUT2D eigenvalue weighted by atomic mass is 9.93. The summed E-state index contributed by atoms with van der Waals surface area (Å²) in [5.74, 6) is 1.84. The molecule has 4 nitrogen and oxygen atoms in total. The number of fused-ring (bicyclic) bond motifs is 1. The summed E-state index contributed by atoms with van der Waals surface area (Å²) in [5, 5.41) is 4.03. The lowest BCUT2D eigenvalue weighted by molar-refractivity contribution is 0.0994. The molecule has 0 spiro atoms. The van der Waals surface area contributed by atoms with Crippen molar-refractivity contribution >= 4 is 5.78 Å². The van der Waals surface area contributed by atoms with Crippen molar-refractivity contribution in [3.63, 3.8) is 0 Å². The van der Waals surface area contributed by atoms with Gasteiger partial charge in [-0.05, 0) is 30.2 Å². The van der Waals surface area contributed by atoms with Gasteiger partial charge in [-0.3, -0.25) is 4.79 Å². The number of hydrogen-bond acceptors (Lipinski definition) is 4. The highest BCUT2D eigenvalue weighted by Gasteiger charge is 2.21. The van der Waals surface area contributed by atoms with Gasteiger partial charge in [0.1, 0.15) is 23.8 Å². The molecule has 0 fully saturated rings. The molecule has 1 heterocycles. The second-order valence-corrected chi connectivity index (χ2v) is 6.46. The summed E-state index contributed by atoms with van der Waals surface area (Å²) >= 11 is 0. The van der Waals surface area contributed by atoms with Gasteiger partial charge in [-0.2, -0.15) is 0 Å². The van der Waals surface area contributed by atoms with Crippen molar-refractivity contribution in [1.82, 2.24) is 5.16 Å². The monoisotopic (exact) mass is 285 g/mol. The Morgan fingerprint density at radius 1 is 1.24 bits per heavy atom. The van der Waals surface area contributed by atoms with Crippen LogP contribution in [0.15, 0.2) is 28.8 Å². The minimum Gasteiger partial charge on any atom is -0.487 e. The number of carbonyl (C=O) groups excluding carboxylic acids is 1. The summed E-state index contributed by atoms with van der Waals surface area (Å²) in [4.78, 5) is 11.6. The van der Waals surface area contributed by atoms with E-state index in [0.717, 1.165) is 34.8 Å². The molecule has 0 saturated heterocycles. The smallest absolute Gasteiger partial charge is 0.163 e. The predicted octanol–water partition coefficient (Wildman–Crippen LogP) is 3.68. The first-order valence-corrected chi connectivity index (χ1v) is 7.18. The maximum absolute atomic E-state index is 11.6. The molecule has 0 N–H and O–H groups in total. The van der Waals surface area contributed by atoms with E-state index >= 15 is 0 Å². The number of rotatable bonds is 3. The molecule has 0 aliphatic heterocycles. The standard InChI is InChI=1S/C17H19NO3/c1-17(2,3)16-9-12(18-21-16)10-20-13-5-6-14-11(8-13)4-7-15(14)19/h5-6,8-9H,4,7,10H2,1-3H3. The molecule has 0 saturated carbocycles. The molecule has 2 aromatic rings. The van der Waals surface area contributed by atoms with Crippen molar-refractivity contribution in [3.05, 3.63) is 46.8 Å². The van der Waals surface area contributed by atoms with Crippen molar-refractivity contribution in [1.29, 1.82) is 0 Å². The summed E-state index contributed by atoms with van der Waals surface area (Å²) in [6, 6.07) is 7.57. The predicted molar refractivity (Wildman–Crippen MR) is 78.6 cm³/mol. The Morgan fingerprint density at radius 2 is 2.05 bits per heavy atom. The molecule has 0 unspecified atom stereocenters. The molecular formula is C17H19NO3. The fourth-order valence-electron chi connectivity index (χ4n) is 2.41. The molecule has 4 heteroatoms. The Morgan fingerprint density at radius 3 is 2.76 bits per heavy atom. The zero-order valence-electron chi connectivity index (χ0n) is 12.6. The Labute approximate surface area is 124 Å². The van der Waals surface area contributed by atoms with Crippen LogP contribution in [0, 0.1) is 0 Å². The van der Waals surface area contributed by atoms with Gasteiger partial charge in [0.15, 0.2) is 5.78 Å². The van der Waals surface area contributed by atoms with Gasteiger partial charge >= 0.3 is 0 Å². The second kappa shape index (κ2) is 5.02. The van der Waals surface area contributed by atoms with Gasteiger partial charge in [-0.1, -0.05) is 25.9 Å². The van der Waals surface area contributed by atoms with E-state index in [2.05, 4.69) is 25.9 Å². The molecule has 1 aliphatic rings. The van der Waals surface area contributed by atoms with Gasteiger partial charge < -0.3 is 9.26 Å². The zero-order valence-corrected chi connectivity index (χ0v) is 12.6. The Hall–Kier alpha value is -2.10. The zero-order chi connectivity index (χ0) is 15.0. The first-order chi connectivity index (χ1) is 9.93. The van der Waals surface area contributed by atoms with Gasteiger partial charge in [0.05, 0.1) is 0 Å². The molecular weight excluding hydrogens is 266 g/mol. The van der Waals surface area contributed by atoms with E-state index in [1.54, 1.807) is 0 Å². The van der Waals surface area contributed by atoms with Crippen LogP contribution in [0.3, 0.4) is 0 Å². The lowest BCUT2D eigenvalue weighted by Crippen LogP contribution is -2.09. The van der Waals surface area contributed by atoms with Crippen LogP contribution in [0.1, 0.15) is 54.6 Å². The lowest BCUT2D eigenvalue weighted by Gasteiger charge is -2.12. The normalized spacial score (nSPS) is 14.3. The van der Waals surface area contributed by atoms with Crippen molar-refractivity contribution in [2.45, 2.75) is 45.6 Å². The fourth-order valence-corrected chi connectivity index (χ4v) is 2.41. The van der Waals surface area contributed by atoms with E-state index in [1.807, 2.05) is 24.3 Å². The van der Waals surface area contributed by atoms with Crippen LogP contribution >= 0.6 is 0 Å². The minimum absolute atomic E-state index is 0.0564. The Kier molecular flexibility index (Phi) is 3.32. The van der Waals surface area contributed by atoms with E-state index in [9.17, 15) is 4.79 Å². The molecule has 110 valence electrons. The van der Waals surface area contributed by atoms with Gasteiger partial charge in [-0.15, -0.1) is 0 Å². The van der Waals surface area contributed by atoms with Crippen LogP contribution in [0.4, 0.5) is 0 Å². The molecule has 1 aliphatic carbocycles. The van der Waals surface area contributed by atoms with Crippen LogP contribution in [0.25, 0.3) is 0 Å². The van der Waals surface area contributed by atoms with E-state index in [-0.39, 0.29) is 11.2 Å². The first-order valence-electron chi connectivity index (χ1n) is 7.18. The summed E-state index contributed by atoms with van der Waals surface area (Å²) in [6.07, 6.45) is 1.42. The third-order valence-corrected chi connectivity index (χ3v) is 3.68. The highest BCUT2D eigenvalue weighted by atomic mass is 16.5. The van der Waals surface area contributed by atoms with Crippen molar-refractivity contribution in [2.24, 2.45) is 0 Å². The molecule has 0 radical (unpaired) electrons. The maximum Gasteiger partial charge on any atom is 0.163 e. The number of aromatic nitrogens is 1. The number of ketones is 1. The van der Waals surface area contributed by atoms with Gasteiger partial charge in [0, 0.05) is 23.5 Å². The summed E-state index contributed by atoms with van der Waals surface area (Å²) in [5.41, 5.74) is 2.63. The minimum atomic E-state index is -0.0564. The number of ether oxygens (including phenoxy) is 1. The second-order valence-electron chi connectivity index (χ2n) is 6.46. The highest BCUT2D eigenvalue weighted by Crippen LogP contribution is 2.27. The van der Waals surface area contributed by atoms with Crippen LogP contribution in [0.5, 0.6) is 5.75 Å². The van der Waals surface area contributed by atoms with E-state index in [0.29, 0.717) is 13.0 Å². The fraction of sp³-hybridized carbons (Fsp3) is 0.412. The molecule has 1 aromatic heterocycles. The van der Waals surface area contributed by atoms with Crippen LogP contribution in [-0.2, 0) is 18.4 Å². The number of Topliss-reactive ketones (excluding diaryl/α,β-unsaturated/α-hetero) is 1. The van der Waals surface area contributed by atoms with E-state index in [1.165, 1.54) is 0 Å². The molecule has 3 rings (SSSR count). The number of aryl methyl sites for hydroxylation is 1. The quantitative estimate of drug-likeness (QED) is 0.863. The van der Waals surface area contributed by atoms with Crippen molar-refractivity contribution < 1.29 is 14.1 Å². The molecule has 21 heavy (non-hydrogen) atoms. The summed E-state index contributed by atoms with van der Waals surface area (Å²) in [7, 11) is 0. The number of carbonyl (C=O) groups is 1. The average molecular weight is 285 g/mol. The third-order valence-electron chi connectivity index (χ3n) is 3.68. The molecule has 1 aromatic carbocycles. The average Bonchev–Trinajstić information content (AvgIpc) is 3.03. The molecule has 0 amide bonds. The van der Waals surface area contributed by atoms with Gasteiger partial charge in [0.2, 0.25) is 0 Å². The molecule has 0 bridgehead atoms. The molecule has 0 atom stereocenters. The van der Waals surface area contributed by atoms with Crippen molar-refractivity contribution in [2.75, 3.05) is 0 Å². The maximum atomic E-state index is 11.6. The summed E-state index contributed by atoms with van der Waals surface area (Å²) in [6.45, 7) is 6.60. The van der Waals surface area contributed by atoms with Gasteiger partial charge in [-0.25, -0.2) is 0 Å². The van der Waals surface area contributed by atoms with Gasteiger partial charge in [0.25, 0.3) is 0 Å². The number of nitrogens with zero attached hydrogens (tertiary/aromatic N) is 1. The number of hydrogen-bond donors (Lipinski definition) is 0. The largest absolute Gasteiger partial charge is 0.487 e. The third kappa shape index (κ3) is 2.84.